The molecule has 5 rings (SSSR count). The summed E-state index contributed by atoms with van der Waals surface area (Å²) in [5.74, 6) is 0.588. The van der Waals surface area contributed by atoms with Gasteiger partial charge in [0.25, 0.3) is 0 Å². The lowest BCUT2D eigenvalue weighted by atomic mass is 9.67. The summed E-state index contributed by atoms with van der Waals surface area (Å²) in [6.07, 6.45) is 0. The second-order valence-electron chi connectivity index (χ2n) is 11.0. The van der Waals surface area contributed by atoms with Gasteiger partial charge in [0, 0.05) is 5.57 Å². The lowest BCUT2D eigenvalue weighted by molar-refractivity contribution is -0.140. The van der Waals surface area contributed by atoms with Gasteiger partial charge in [-0.25, -0.2) is 9.59 Å². The summed E-state index contributed by atoms with van der Waals surface area (Å²) in [5.41, 5.74) is 8.72. The van der Waals surface area contributed by atoms with Crippen molar-refractivity contribution in [1.29, 1.82) is 0 Å². The van der Waals surface area contributed by atoms with Gasteiger partial charge in [-0.2, -0.15) is 0 Å². The molecule has 45 heavy (non-hydrogen) atoms. The first-order chi connectivity index (χ1) is 21.6. The van der Waals surface area contributed by atoms with E-state index >= 15 is 0 Å². The molecule has 230 valence electrons. The summed E-state index contributed by atoms with van der Waals surface area (Å²) in [5, 5.41) is 0. The van der Waals surface area contributed by atoms with Gasteiger partial charge in [-0.05, 0) is 100 Å². The SMILES string of the molecule is C=C(C)C(=O)OCCOc1ccc(C2(c3ccc(OCCOC(=O)C(=C)I)c(C)c3)c3ccccc3-c3ccccc32)cc1C. The molecule has 0 bridgehead atoms. The summed E-state index contributed by atoms with van der Waals surface area (Å²) in [7, 11) is 0. The summed E-state index contributed by atoms with van der Waals surface area (Å²) >= 11 is 1.84. The van der Waals surface area contributed by atoms with Gasteiger partial charge in [0.15, 0.2) is 0 Å². The Morgan fingerprint density at radius 1 is 0.667 bits per heavy atom. The summed E-state index contributed by atoms with van der Waals surface area (Å²) in [4.78, 5) is 23.5. The van der Waals surface area contributed by atoms with Crippen LogP contribution in [0.1, 0.15) is 40.3 Å². The van der Waals surface area contributed by atoms with Gasteiger partial charge < -0.3 is 18.9 Å². The van der Waals surface area contributed by atoms with E-state index < -0.39 is 17.4 Å². The molecule has 0 fully saturated rings. The number of carbonyl (C=O) groups is 2. The second kappa shape index (κ2) is 13.7. The average molecular weight is 715 g/mol. The second-order valence-corrected chi connectivity index (χ2v) is 12.3. The van der Waals surface area contributed by atoms with Crippen LogP contribution in [0.3, 0.4) is 0 Å². The molecule has 0 radical (unpaired) electrons. The van der Waals surface area contributed by atoms with E-state index in [2.05, 4.69) is 86.0 Å². The van der Waals surface area contributed by atoms with Gasteiger partial charge in [-0.1, -0.05) is 86.0 Å². The smallest absolute Gasteiger partial charge is 0.343 e. The molecule has 4 aromatic rings. The number of benzene rings is 4. The fraction of sp³-hybridized carbons (Fsp3) is 0.211. The molecular formula is C38H35IO6. The van der Waals surface area contributed by atoms with Crippen molar-refractivity contribution in [2.75, 3.05) is 26.4 Å². The molecule has 0 aromatic heterocycles. The minimum Gasteiger partial charge on any atom is -0.490 e. The topological polar surface area (TPSA) is 71.1 Å². The first-order valence-corrected chi connectivity index (χ1v) is 15.7. The highest BCUT2D eigenvalue weighted by Crippen LogP contribution is 2.56. The van der Waals surface area contributed by atoms with Gasteiger partial charge >= 0.3 is 11.9 Å². The average Bonchev–Trinajstić information content (AvgIpc) is 3.33. The zero-order valence-electron chi connectivity index (χ0n) is 25.7. The van der Waals surface area contributed by atoms with Crippen molar-refractivity contribution >= 4 is 34.5 Å². The molecule has 7 heteroatoms. The highest BCUT2D eigenvalue weighted by Gasteiger charge is 2.46. The monoisotopic (exact) mass is 714 g/mol. The Balaban J connectivity index is 1.51. The number of hydrogen-bond donors (Lipinski definition) is 0. The third kappa shape index (κ3) is 6.40. The van der Waals surface area contributed by atoms with Crippen molar-refractivity contribution in [1.82, 2.24) is 0 Å². The lowest BCUT2D eigenvalue weighted by Gasteiger charge is -2.34. The standard InChI is InChI=1S/C38H35IO6/c1-24(2)36(40)44-20-18-42-34-16-14-28(22-25(34)3)38(32-12-8-6-10-30(32)31-11-7-9-13-33(31)38)29-15-17-35(26(4)23-29)43-19-21-45-37(41)27(5)39/h6-17,22-23H,1,5,18-21H2,2-4H3. The van der Waals surface area contributed by atoms with E-state index in [1.807, 2.05) is 48.6 Å². The molecule has 6 nitrogen and oxygen atoms in total. The van der Waals surface area contributed by atoms with Crippen molar-refractivity contribution < 1.29 is 28.5 Å². The molecule has 0 amide bonds. The lowest BCUT2D eigenvalue weighted by Crippen LogP contribution is -2.29. The minimum absolute atomic E-state index is 0.136. The number of ether oxygens (including phenoxy) is 4. The number of fused-ring (bicyclic) bond motifs is 3. The van der Waals surface area contributed by atoms with Crippen LogP contribution in [0.2, 0.25) is 0 Å². The van der Waals surface area contributed by atoms with Crippen molar-refractivity contribution in [2.45, 2.75) is 26.2 Å². The quantitative estimate of drug-likeness (QED) is 0.0564. The zero-order chi connectivity index (χ0) is 32.1. The Hall–Kier alpha value is -4.37. The molecule has 0 atom stereocenters. The van der Waals surface area contributed by atoms with E-state index in [9.17, 15) is 9.59 Å². The van der Waals surface area contributed by atoms with Crippen LogP contribution in [-0.2, 0) is 24.5 Å². The zero-order valence-corrected chi connectivity index (χ0v) is 27.8. The highest BCUT2D eigenvalue weighted by molar-refractivity contribution is 14.1. The molecule has 1 aliphatic carbocycles. The largest absolute Gasteiger partial charge is 0.490 e. The Labute approximate surface area is 277 Å². The Morgan fingerprint density at radius 2 is 1.11 bits per heavy atom. The third-order valence-electron chi connectivity index (χ3n) is 7.89. The van der Waals surface area contributed by atoms with Crippen molar-refractivity contribution in [3.8, 4) is 22.6 Å². The van der Waals surface area contributed by atoms with Gasteiger partial charge in [0.05, 0.1) is 8.99 Å². The number of rotatable bonds is 12. The fourth-order valence-electron chi connectivity index (χ4n) is 5.89. The van der Waals surface area contributed by atoms with Crippen LogP contribution in [0, 0.1) is 13.8 Å². The van der Waals surface area contributed by atoms with Crippen LogP contribution in [-0.4, -0.2) is 38.4 Å². The molecule has 0 saturated carbocycles. The predicted octanol–water partition coefficient (Wildman–Crippen LogP) is 8.04. The predicted molar refractivity (Wildman–Crippen MR) is 184 cm³/mol. The molecule has 4 aromatic carbocycles. The molecule has 0 heterocycles. The van der Waals surface area contributed by atoms with Gasteiger partial charge in [-0.15, -0.1) is 0 Å². The maximum Gasteiger partial charge on any atom is 0.343 e. The highest BCUT2D eigenvalue weighted by atomic mass is 127. The Kier molecular flexibility index (Phi) is 9.77. The van der Waals surface area contributed by atoms with Crippen molar-refractivity contribution in [3.05, 3.63) is 141 Å². The van der Waals surface area contributed by atoms with E-state index in [1.165, 1.54) is 22.3 Å². The van der Waals surface area contributed by atoms with Crippen LogP contribution >= 0.6 is 22.6 Å². The van der Waals surface area contributed by atoms with Crippen LogP contribution in [0.5, 0.6) is 11.5 Å². The number of aryl methyl sites for hydroxylation is 2. The Bertz CT molecular complexity index is 1660. The van der Waals surface area contributed by atoms with Crippen molar-refractivity contribution in [3.63, 3.8) is 0 Å². The summed E-state index contributed by atoms with van der Waals surface area (Å²) in [6, 6.07) is 29.7. The minimum atomic E-state index is -0.590. The van der Waals surface area contributed by atoms with Gasteiger partial charge in [0.1, 0.15) is 37.9 Å². The van der Waals surface area contributed by atoms with Crippen molar-refractivity contribution in [2.24, 2.45) is 0 Å². The maximum atomic E-state index is 11.7. The fourth-order valence-corrected chi connectivity index (χ4v) is 6.04. The summed E-state index contributed by atoms with van der Waals surface area (Å²) < 4.78 is 22.7. The summed E-state index contributed by atoms with van der Waals surface area (Å²) in [6.45, 7) is 13.6. The van der Waals surface area contributed by atoms with Crippen LogP contribution in [0.15, 0.2) is 107 Å². The van der Waals surface area contributed by atoms with E-state index in [-0.39, 0.29) is 26.4 Å². The van der Waals surface area contributed by atoms with Gasteiger partial charge in [-0.3, -0.25) is 0 Å². The van der Waals surface area contributed by atoms with E-state index in [4.69, 9.17) is 18.9 Å². The molecule has 0 spiro atoms. The number of halogens is 1. The molecule has 0 saturated heterocycles. The number of hydrogen-bond acceptors (Lipinski definition) is 6. The third-order valence-corrected chi connectivity index (χ3v) is 8.33. The molecule has 0 aliphatic heterocycles. The molecule has 1 aliphatic rings. The van der Waals surface area contributed by atoms with E-state index in [0.717, 1.165) is 33.8 Å². The van der Waals surface area contributed by atoms with E-state index in [0.29, 0.717) is 9.15 Å². The van der Waals surface area contributed by atoms with E-state index in [1.54, 1.807) is 6.92 Å². The van der Waals surface area contributed by atoms with Crippen LogP contribution in [0.25, 0.3) is 11.1 Å². The first kappa shape index (κ1) is 32.0. The molecule has 0 unspecified atom stereocenters. The molecule has 0 N–H and O–H groups in total. The maximum absolute atomic E-state index is 11.7. The number of esters is 2. The Morgan fingerprint density at radius 3 is 1.53 bits per heavy atom. The van der Waals surface area contributed by atoms with Crippen LogP contribution in [0.4, 0.5) is 0 Å². The van der Waals surface area contributed by atoms with Gasteiger partial charge in [0.2, 0.25) is 0 Å². The normalized spacial score (nSPS) is 12.4. The number of carbonyl (C=O) groups excluding carboxylic acids is 2. The first-order valence-electron chi connectivity index (χ1n) is 14.7. The van der Waals surface area contributed by atoms with Crippen LogP contribution < -0.4 is 9.47 Å². The molecular weight excluding hydrogens is 679 g/mol.